The molecule has 0 radical (unpaired) electrons. The lowest BCUT2D eigenvalue weighted by molar-refractivity contribution is -0.870. The molecular weight excluding hydrogens is 912 g/mol. The highest BCUT2D eigenvalue weighted by molar-refractivity contribution is 7.45. The van der Waals surface area contributed by atoms with Gasteiger partial charge in [-0.1, -0.05) is 266 Å². The minimum absolute atomic E-state index is 0.00262. The highest BCUT2D eigenvalue weighted by atomic mass is 31.2. The number of nitrogens with one attached hydrogen (secondary N) is 1. The summed E-state index contributed by atoms with van der Waals surface area (Å²) in [6.45, 7) is 4.54. The van der Waals surface area contributed by atoms with Gasteiger partial charge in [0.2, 0.25) is 5.91 Å². The van der Waals surface area contributed by atoms with Crippen molar-refractivity contribution in [2.45, 2.75) is 270 Å². The first kappa shape index (κ1) is 69.7. The number of likely N-dealkylation sites (N-methyl/N-ethyl adjacent to an activating group) is 1. The number of aliphatic hydroxyl groups excluding tert-OH is 1. The fourth-order valence-electron chi connectivity index (χ4n) is 8.45. The Labute approximate surface area is 446 Å². The zero-order valence-corrected chi connectivity index (χ0v) is 48.5. The number of carbonyl (C=O) groups excluding carboxylic acids is 1. The molecule has 0 rings (SSSR count). The summed E-state index contributed by atoms with van der Waals surface area (Å²) in [4.78, 5) is 25.5. The number of amides is 1. The van der Waals surface area contributed by atoms with Crippen LogP contribution in [0.25, 0.3) is 0 Å². The van der Waals surface area contributed by atoms with E-state index in [4.69, 9.17) is 9.05 Å². The Morgan fingerprint density at radius 3 is 1.24 bits per heavy atom. The quantitative estimate of drug-likeness (QED) is 0.0272. The van der Waals surface area contributed by atoms with Gasteiger partial charge < -0.3 is 28.8 Å². The first-order chi connectivity index (χ1) is 35.0. The van der Waals surface area contributed by atoms with Gasteiger partial charge in [-0.25, -0.2) is 0 Å². The predicted octanol–water partition coefficient (Wildman–Crippen LogP) is 17.8. The molecule has 0 spiro atoms. The lowest BCUT2D eigenvalue weighted by Gasteiger charge is -2.29. The smallest absolute Gasteiger partial charge is 0.268 e. The summed E-state index contributed by atoms with van der Waals surface area (Å²) in [5.41, 5.74) is 0. The molecule has 0 aromatic carbocycles. The molecule has 3 unspecified atom stereocenters. The Hall–Kier alpha value is -2.32. The van der Waals surface area contributed by atoms with Gasteiger partial charge in [0.25, 0.3) is 7.82 Å². The molecule has 0 aromatic rings. The highest BCUT2D eigenvalue weighted by Crippen LogP contribution is 2.38. The molecule has 0 saturated carbocycles. The topological polar surface area (TPSA) is 108 Å². The Bertz CT molecular complexity index is 1450. The number of aliphatic hydroxyl groups is 1. The summed E-state index contributed by atoms with van der Waals surface area (Å²) in [6, 6.07) is -0.889. The third kappa shape index (κ3) is 55.4. The maximum absolute atomic E-state index is 13.0. The minimum Gasteiger partial charge on any atom is -0.756 e. The van der Waals surface area contributed by atoms with Crippen LogP contribution in [0.5, 0.6) is 0 Å². The van der Waals surface area contributed by atoms with E-state index in [1.54, 1.807) is 6.08 Å². The molecule has 0 saturated heterocycles. The van der Waals surface area contributed by atoms with E-state index < -0.39 is 20.0 Å². The molecule has 0 aliphatic rings. The van der Waals surface area contributed by atoms with Crippen LogP contribution in [0.2, 0.25) is 0 Å². The normalized spacial score (nSPS) is 14.5. The largest absolute Gasteiger partial charge is 0.756 e. The fraction of sp³-hybridized carbons (Fsp3) is 0.762. The molecule has 9 heteroatoms. The molecule has 0 aromatic heterocycles. The van der Waals surface area contributed by atoms with Crippen molar-refractivity contribution >= 4 is 13.7 Å². The van der Waals surface area contributed by atoms with Crippen LogP contribution in [0, 0.1) is 0 Å². The second-order valence-corrected chi connectivity index (χ2v) is 22.7. The van der Waals surface area contributed by atoms with Crippen LogP contribution in [0.15, 0.2) is 85.1 Å². The van der Waals surface area contributed by atoms with E-state index in [2.05, 4.69) is 92.1 Å². The Balaban J connectivity index is 4.06. The maximum atomic E-state index is 13.0. The van der Waals surface area contributed by atoms with Crippen LogP contribution >= 0.6 is 7.82 Å². The van der Waals surface area contributed by atoms with Crippen LogP contribution in [0.3, 0.4) is 0 Å². The Kier molecular flexibility index (Phi) is 51.8. The predicted molar refractivity (Wildman–Crippen MR) is 311 cm³/mol. The Morgan fingerprint density at radius 1 is 0.500 bits per heavy atom. The summed E-state index contributed by atoms with van der Waals surface area (Å²) in [5.74, 6) is -0.198. The van der Waals surface area contributed by atoms with Gasteiger partial charge in [0.05, 0.1) is 39.9 Å². The fourth-order valence-corrected chi connectivity index (χ4v) is 9.17. The number of carbonyl (C=O) groups is 1. The molecule has 72 heavy (non-hydrogen) atoms. The van der Waals surface area contributed by atoms with E-state index in [0.717, 1.165) is 77.0 Å². The number of phosphoric ester groups is 1. The van der Waals surface area contributed by atoms with Gasteiger partial charge in [-0.15, -0.1) is 0 Å². The standard InChI is InChI=1S/C63H115N2O6P/c1-6-8-10-12-14-16-18-20-22-23-24-25-26-27-28-29-30-31-32-33-34-35-36-37-38-39-40-41-43-45-47-49-51-53-55-57-63(67)64-61(60-71-72(68,69)70-59-58-65(3,4)5)62(66)56-54-52-50-48-46-44-42-21-19-17-15-13-11-9-7-2/h8,10,14,16,20,22,24-25,27-28,30-31,54,56,61-62,66H,6-7,9,11-13,15,17-19,21,23,26,29,32-53,55,57-60H2,1-5H3,(H-,64,67,68,69)/b10-8-,16-14-,22-20-,25-24-,28-27-,31-30-,56-54+. The molecule has 418 valence electrons. The molecule has 0 aliphatic heterocycles. The first-order valence-corrected chi connectivity index (χ1v) is 31.4. The van der Waals surface area contributed by atoms with E-state index in [9.17, 15) is 19.4 Å². The molecule has 8 nitrogen and oxygen atoms in total. The van der Waals surface area contributed by atoms with Crippen molar-refractivity contribution in [3.8, 4) is 0 Å². The number of hydrogen-bond acceptors (Lipinski definition) is 6. The highest BCUT2D eigenvalue weighted by Gasteiger charge is 2.23. The van der Waals surface area contributed by atoms with Crippen molar-refractivity contribution in [1.82, 2.24) is 5.32 Å². The van der Waals surface area contributed by atoms with Crippen molar-refractivity contribution < 1.29 is 32.9 Å². The third-order valence-corrected chi connectivity index (χ3v) is 14.1. The van der Waals surface area contributed by atoms with E-state index >= 15 is 0 Å². The molecule has 0 aliphatic carbocycles. The molecular formula is C63H115N2O6P. The second kappa shape index (κ2) is 53.5. The summed E-state index contributed by atoms with van der Waals surface area (Å²) < 4.78 is 23.3. The SMILES string of the molecule is CC/C=C\C/C=C\C/C=C\C/C=C\C/C=C\C/C=C\CCCCCCCCCCCCCCCCCCC(=O)NC(COP(=O)([O-])OCC[N+](C)(C)C)C(O)/C=C/CCCCCCCCCCCCCCC. The van der Waals surface area contributed by atoms with Crippen molar-refractivity contribution in [2.24, 2.45) is 0 Å². The van der Waals surface area contributed by atoms with Gasteiger partial charge in [-0.05, 0) is 70.6 Å². The van der Waals surface area contributed by atoms with E-state index in [0.29, 0.717) is 17.4 Å². The number of hydrogen-bond donors (Lipinski definition) is 2. The summed E-state index contributed by atoms with van der Waals surface area (Å²) >= 11 is 0. The molecule has 0 heterocycles. The average Bonchev–Trinajstić information content (AvgIpc) is 3.34. The Morgan fingerprint density at radius 2 is 0.847 bits per heavy atom. The number of nitrogens with zero attached hydrogens (tertiary/aromatic N) is 1. The van der Waals surface area contributed by atoms with Crippen LogP contribution in [0.4, 0.5) is 0 Å². The van der Waals surface area contributed by atoms with Gasteiger partial charge in [0.15, 0.2) is 0 Å². The van der Waals surface area contributed by atoms with Crippen LogP contribution < -0.4 is 10.2 Å². The lowest BCUT2D eigenvalue weighted by Crippen LogP contribution is -2.45. The first-order valence-electron chi connectivity index (χ1n) is 29.9. The van der Waals surface area contributed by atoms with Crippen LogP contribution in [-0.2, 0) is 18.4 Å². The molecule has 0 fully saturated rings. The number of unbranched alkanes of at least 4 members (excludes halogenated alkanes) is 29. The number of rotatable bonds is 54. The van der Waals surface area contributed by atoms with E-state index in [1.165, 1.54) is 161 Å². The van der Waals surface area contributed by atoms with Crippen molar-refractivity contribution in [3.63, 3.8) is 0 Å². The summed E-state index contributed by atoms with van der Waals surface area (Å²) in [7, 11) is 1.26. The van der Waals surface area contributed by atoms with Crippen molar-refractivity contribution in [1.29, 1.82) is 0 Å². The van der Waals surface area contributed by atoms with Gasteiger partial charge in [0.1, 0.15) is 13.2 Å². The van der Waals surface area contributed by atoms with Crippen molar-refractivity contribution in [2.75, 3.05) is 40.9 Å². The number of allylic oxidation sites excluding steroid dienone is 13. The van der Waals surface area contributed by atoms with Gasteiger partial charge in [0, 0.05) is 6.42 Å². The monoisotopic (exact) mass is 1030 g/mol. The third-order valence-electron chi connectivity index (χ3n) is 13.1. The van der Waals surface area contributed by atoms with E-state index in [1.807, 2.05) is 27.2 Å². The van der Waals surface area contributed by atoms with E-state index in [-0.39, 0.29) is 19.1 Å². The van der Waals surface area contributed by atoms with Gasteiger partial charge >= 0.3 is 0 Å². The molecule has 0 bridgehead atoms. The zero-order valence-electron chi connectivity index (χ0n) is 47.6. The lowest BCUT2D eigenvalue weighted by atomic mass is 10.0. The minimum atomic E-state index is -4.60. The zero-order chi connectivity index (χ0) is 52.7. The molecule has 3 atom stereocenters. The summed E-state index contributed by atoms with van der Waals surface area (Å²) in [5, 5.41) is 13.9. The van der Waals surface area contributed by atoms with Gasteiger partial charge in [-0.3, -0.25) is 9.36 Å². The summed E-state index contributed by atoms with van der Waals surface area (Å²) in [6.07, 6.45) is 75.2. The van der Waals surface area contributed by atoms with Crippen molar-refractivity contribution in [3.05, 3.63) is 85.1 Å². The number of quaternary nitrogens is 1. The molecule has 1 amide bonds. The number of phosphoric acid groups is 1. The van der Waals surface area contributed by atoms with Crippen LogP contribution in [0.1, 0.15) is 258 Å². The second-order valence-electron chi connectivity index (χ2n) is 21.3. The van der Waals surface area contributed by atoms with Gasteiger partial charge in [-0.2, -0.15) is 0 Å². The van der Waals surface area contributed by atoms with Crippen LogP contribution in [-0.4, -0.2) is 68.5 Å². The molecule has 2 N–H and O–H groups in total. The maximum Gasteiger partial charge on any atom is 0.268 e. The average molecular weight is 1030 g/mol.